The van der Waals surface area contributed by atoms with E-state index in [0.29, 0.717) is 4.88 Å². The lowest BCUT2D eigenvalue weighted by molar-refractivity contribution is 0.0901. The second kappa shape index (κ2) is 5.34. The number of amides is 1. The van der Waals surface area contributed by atoms with Gasteiger partial charge in [0.25, 0.3) is 5.91 Å². The van der Waals surface area contributed by atoms with Crippen molar-refractivity contribution in [3.8, 4) is 0 Å². The molecule has 3 aromatic rings. The molecule has 4 rings (SSSR count). The predicted octanol–water partition coefficient (Wildman–Crippen LogP) is 4.13. The van der Waals surface area contributed by atoms with E-state index in [0.717, 1.165) is 34.0 Å². The Labute approximate surface area is 144 Å². The fourth-order valence-electron chi connectivity index (χ4n) is 3.01. The third-order valence-electron chi connectivity index (χ3n) is 4.18. The van der Waals surface area contributed by atoms with Crippen molar-refractivity contribution in [2.45, 2.75) is 38.8 Å². The van der Waals surface area contributed by atoms with Crippen LogP contribution in [0.25, 0.3) is 11.0 Å². The van der Waals surface area contributed by atoms with Crippen LogP contribution in [0.15, 0.2) is 34.7 Å². The van der Waals surface area contributed by atoms with Gasteiger partial charge in [0.15, 0.2) is 5.13 Å². The van der Waals surface area contributed by atoms with Crippen molar-refractivity contribution < 1.29 is 9.21 Å². The van der Waals surface area contributed by atoms with E-state index in [-0.39, 0.29) is 17.5 Å². The Kier molecular flexibility index (Phi) is 3.38. The normalized spacial score (nSPS) is 17.4. The van der Waals surface area contributed by atoms with Crippen molar-refractivity contribution in [3.05, 3.63) is 46.7 Å². The molecule has 1 aliphatic rings. The van der Waals surface area contributed by atoms with Gasteiger partial charge in [-0.05, 0) is 32.9 Å². The number of carbonyl (C=O) groups excluding carboxylic acids is 1. The Morgan fingerprint density at radius 3 is 2.96 bits per heavy atom. The van der Waals surface area contributed by atoms with Crippen LogP contribution in [0.5, 0.6) is 0 Å². The van der Waals surface area contributed by atoms with E-state index in [9.17, 15) is 4.79 Å². The Balaban J connectivity index is 1.58. The lowest BCUT2D eigenvalue weighted by Gasteiger charge is -2.29. The molecule has 0 aliphatic carbocycles. The van der Waals surface area contributed by atoms with Crippen LogP contribution >= 0.6 is 11.3 Å². The smallest absolute Gasteiger partial charge is 0.263 e. The van der Waals surface area contributed by atoms with Crippen molar-refractivity contribution in [1.82, 2.24) is 10.3 Å². The van der Waals surface area contributed by atoms with Crippen LogP contribution in [-0.4, -0.2) is 16.4 Å². The first-order chi connectivity index (χ1) is 11.4. The Morgan fingerprint density at radius 1 is 1.38 bits per heavy atom. The molecule has 0 saturated heterocycles. The first kappa shape index (κ1) is 15.2. The maximum Gasteiger partial charge on any atom is 0.263 e. The molecule has 2 aromatic heterocycles. The van der Waals surface area contributed by atoms with E-state index in [1.807, 2.05) is 51.1 Å². The highest BCUT2D eigenvalue weighted by atomic mass is 32.1. The molecule has 3 heterocycles. The maximum absolute atomic E-state index is 12.2. The van der Waals surface area contributed by atoms with Crippen LogP contribution in [0.3, 0.4) is 0 Å². The van der Waals surface area contributed by atoms with E-state index < -0.39 is 0 Å². The Bertz CT molecular complexity index is 892. The molecule has 0 radical (unpaired) electrons. The average molecular weight is 341 g/mol. The average Bonchev–Trinajstić information content (AvgIpc) is 3.09. The lowest BCUT2D eigenvalue weighted by atomic mass is 9.94. The summed E-state index contributed by atoms with van der Waals surface area (Å²) in [5, 5.41) is 8.21. The van der Waals surface area contributed by atoms with Crippen molar-refractivity contribution in [3.63, 3.8) is 0 Å². The first-order valence-corrected chi connectivity index (χ1v) is 8.80. The SMILES string of the molecule is CC(Nc1nc2c(s1)C(=O)NC(C)(C)C2)c1cc2ccccc2o1. The van der Waals surface area contributed by atoms with Gasteiger partial charge in [-0.25, -0.2) is 4.98 Å². The van der Waals surface area contributed by atoms with E-state index in [4.69, 9.17) is 4.42 Å². The molecule has 1 amide bonds. The molecule has 0 saturated carbocycles. The van der Waals surface area contributed by atoms with Gasteiger partial charge < -0.3 is 15.1 Å². The quantitative estimate of drug-likeness (QED) is 0.752. The largest absolute Gasteiger partial charge is 0.459 e. The molecule has 0 bridgehead atoms. The number of aromatic nitrogens is 1. The van der Waals surface area contributed by atoms with Gasteiger partial charge in [0.05, 0.1) is 11.7 Å². The zero-order chi connectivity index (χ0) is 16.9. The van der Waals surface area contributed by atoms with Crippen LogP contribution in [0, 0.1) is 0 Å². The summed E-state index contributed by atoms with van der Waals surface area (Å²) in [5.41, 5.74) is 1.49. The van der Waals surface area contributed by atoms with Gasteiger partial charge in [0.1, 0.15) is 16.2 Å². The highest BCUT2D eigenvalue weighted by Crippen LogP contribution is 2.32. The van der Waals surface area contributed by atoms with Gasteiger partial charge in [-0.15, -0.1) is 0 Å². The van der Waals surface area contributed by atoms with Crippen molar-refractivity contribution >= 4 is 33.3 Å². The number of nitrogens with one attached hydrogen (secondary N) is 2. The Hall–Kier alpha value is -2.34. The third-order valence-corrected chi connectivity index (χ3v) is 5.20. The van der Waals surface area contributed by atoms with E-state index in [2.05, 4.69) is 15.6 Å². The summed E-state index contributed by atoms with van der Waals surface area (Å²) >= 11 is 1.40. The summed E-state index contributed by atoms with van der Waals surface area (Å²) in [4.78, 5) is 17.5. The van der Waals surface area contributed by atoms with E-state index >= 15 is 0 Å². The van der Waals surface area contributed by atoms with Crippen LogP contribution in [0.2, 0.25) is 0 Å². The first-order valence-electron chi connectivity index (χ1n) is 7.98. The molecule has 0 spiro atoms. The number of para-hydroxylation sites is 1. The molecule has 1 atom stereocenters. The minimum Gasteiger partial charge on any atom is -0.459 e. The molecule has 5 nitrogen and oxygen atoms in total. The number of rotatable bonds is 3. The van der Waals surface area contributed by atoms with Crippen LogP contribution in [0.4, 0.5) is 5.13 Å². The number of fused-ring (bicyclic) bond motifs is 2. The second-order valence-corrected chi connectivity index (χ2v) is 7.86. The van der Waals surface area contributed by atoms with E-state index in [1.165, 1.54) is 11.3 Å². The standard InChI is InChI=1S/C18H19N3O2S/c1-10(14-8-11-6-4-5-7-13(11)23-14)19-17-20-12-9-18(2,3)21-16(22)15(12)24-17/h4-8,10H,9H2,1-3H3,(H,19,20)(H,21,22). The fraction of sp³-hybridized carbons (Fsp3) is 0.333. The number of hydrogen-bond donors (Lipinski definition) is 2. The van der Waals surface area contributed by atoms with E-state index in [1.54, 1.807) is 0 Å². The zero-order valence-corrected chi connectivity index (χ0v) is 14.7. The monoisotopic (exact) mass is 341 g/mol. The molecule has 1 aliphatic heterocycles. The highest BCUT2D eigenvalue weighted by Gasteiger charge is 2.33. The molecule has 24 heavy (non-hydrogen) atoms. The van der Waals surface area contributed by atoms with Gasteiger partial charge in [0.2, 0.25) is 0 Å². The van der Waals surface area contributed by atoms with Crippen LogP contribution < -0.4 is 10.6 Å². The van der Waals surface area contributed by atoms with Crippen molar-refractivity contribution in [2.24, 2.45) is 0 Å². The lowest BCUT2D eigenvalue weighted by Crippen LogP contribution is -2.48. The maximum atomic E-state index is 12.2. The van der Waals surface area contributed by atoms with Crippen LogP contribution in [0.1, 0.15) is 47.9 Å². The number of furan rings is 1. The third kappa shape index (κ3) is 2.67. The second-order valence-electron chi connectivity index (χ2n) is 6.86. The molecular formula is C18H19N3O2S. The molecule has 1 aromatic carbocycles. The topological polar surface area (TPSA) is 67.2 Å². The summed E-state index contributed by atoms with van der Waals surface area (Å²) < 4.78 is 5.89. The molecule has 1 unspecified atom stereocenters. The zero-order valence-electron chi connectivity index (χ0n) is 13.8. The van der Waals surface area contributed by atoms with Crippen LogP contribution in [-0.2, 0) is 6.42 Å². The van der Waals surface area contributed by atoms with Gasteiger partial charge in [-0.2, -0.15) is 0 Å². The highest BCUT2D eigenvalue weighted by molar-refractivity contribution is 7.17. The summed E-state index contributed by atoms with van der Waals surface area (Å²) in [7, 11) is 0. The molecule has 124 valence electrons. The number of benzene rings is 1. The molecule has 2 N–H and O–H groups in total. The fourth-order valence-corrected chi connectivity index (χ4v) is 3.97. The number of anilines is 1. The minimum atomic E-state index is -0.250. The molecular weight excluding hydrogens is 322 g/mol. The number of thiazole rings is 1. The van der Waals surface area contributed by atoms with Gasteiger partial charge in [-0.3, -0.25) is 4.79 Å². The Morgan fingerprint density at radius 2 is 2.17 bits per heavy atom. The van der Waals surface area contributed by atoms with Gasteiger partial charge in [0, 0.05) is 17.3 Å². The van der Waals surface area contributed by atoms with Crippen molar-refractivity contribution in [2.75, 3.05) is 5.32 Å². The number of hydrogen-bond acceptors (Lipinski definition) is 5. The van der Waals surface area contributed by atoms with Crippen molar-refractivity contribution in [1.29, 1.82) is 0 Å². The number of nitrogens with zero attached hydrogens (tertiary/aromatic N) is 1. The molecule has 6 heteroatoms. The predicted molar refractivity (Wildman–Crippen MR) is 95.6 cm³/mol. The van der Waals surface area contributed by atoms with Gasteiger partial charge in [-0.1, -0.05) is 29.5 Å². The molecule has 0 fully saturated rings. The van der Waals surface area contributed by atoms with Gasteiger partial charge >= 0.3 is 0 Å². The minimum absolute atomic E-state index is 0.0268. The summed E-state index contributed by atoms with van der Waals surface area (Å²) in [6, 6.07) is 9.96. The number of carbonyl (C=O) groups is 1. The summed E-state index contributed by atoms with van der Waals surface area (Å²) in [5.74, 6) is 0.817. The summed E-state index contributed by atoms with van der Waals surface area (Å²) in [6.45, 7) is 6.05. The summed E-state index contributed by atoms with van der Waals surface area (Å²) in [6.07, 6.45) is 0.741.